The number of hydrogen-bond donors (Lipinski definition) is 0. The standard InChI is InChI=1S/Ca.H3O4P.6H2O/c;1-5(2,3)4;;;;;;/h;(H3,1,2,3,4);6*1H2/q+2;;;;;;;/p-3. The van der Waals surface area contributed by atoms with Crippen molar-refractivity contribution in [2.24, 2.45) is 0 Å². The minimum atomic E-state index is -5.39. The van der Waals surface area contributed by atoms with Crippen molar-refractivity contribution in [3.8, 4) is 0 Å². The van der Waals surface area contributed by atoms with Crippen LogP contribution in [0.25, 0.3) is 0 Å². The maximum atomic E-state index is 8.55. The van der Waals surface area contributed by atoms with Crippen LogP contribution in [0.2, 0.25) is 0 Å². The predicted octanol–water partition coefficient (Wildman–Crippen LogP) is -8.15. The van der Waals surface area contributed by atoms with Crippen LogP contribution in [-0.4, -0.2) is 70.6 Å². The zero-order valence-corrected chi connectivity index (χ0v) is 8.89. The first-order valence-corrected chi connectivity index (χ1v) is 2.19. The molecule has 0 aromatic rings. The van der Waals surface area contributed by atoms with Crippen LogP contribution in [0, 0.1) is 0 Å². The van der Waals surface area contributed by atoms with Crippen LogP contribution in [0.3, 0.4) is 0 Å². The van der Waals surface area contributed by atoms with E-state index in [0.29, 0.717) is 0 Å². The van der Waals surface area contributed by atoms with Gasteiger partial charge in [-0.15, -0.1) is 0 Å². The van der Waals surface area contributed by atoms with Gasteiger partial charge in [-0.05, 0) is 0 Å². The molecule has 0 atom stereocenters. The summed E-state index contributed by atoms with van der Waals surface area (Å²) in [7, 11) is -5.39. The molecule has 0 rings (SSSR count). The molecule has 0 amide bonds. The Labute approximate surface area is 97.3 Å². The van der Waals surface area contributed by atoms with Crippen LogP contribution in [0.1, 0.15) is 0 Å². The van der Waals surface area contributed by atoms with Crippen molar-refractivity contribution in [1.29, 1.82) is 0 Å². The van der Waals surface area contributed by atoms with E-state index in [4.69, 9.17) is 19.2 Å². The first kappa shape index (κ1) is 73.4. The zero-order valence-electron chi connectivity index (χ0n) is 5.79. The molecule has 12 heavy (non-hydrogen) atoms. The minimum absolute atomic E-state index is 0. The summed E-state index contributed by atoms with van der Waals surface area (Å²) in [5.41, 5.74) is 0. The predicted molar refractivity (Wildman–Crippen MR) is 35.0 cm³/mol. The Hall–Kier alpha value is 1.13. The third kappa shape index (κ3) is 895. The third-order valence-corrected chi connectivity index (χ3v) is 0. The molecule has 0 heterocycles. The van der Waals surface area contributed by atoms with E-state index in [2.05, 4.69) is 0 Å². The maximum Gasteiger partial charge on any atom is 2.00 e. The van der Waals surface area contributed by atoms with E-state index in [1.165, 1.54) is 0 Å². The first-order chi connectivity index (χ1) is 2.00. The molecule has 0 aliphatic carbocycles. The molecular weight excluding hydrogens is 231 g/mol. The van der Waals surface area contributed by atoms with E-state index in [0.717, 1.165) is 0 Å². The summed E-state index contributed by atoms with van der Waals surface area (Å²) in [6.45, 7) is 0. The van der Waals surface area contributed by atoms with E-state index >= 15 is 0 Å². The van der Waals surface area contributed by atoms with E-state index in [-0.39, 0.29) is 70.6 Å². The van der Waals surface area contributed by atoms with Gasteiger partial charge < -0.3 is 52.1 Å². The minimum Gasteiger partial charge on any atom is -0.822 e. The Kier molecular flexibility index (Phi) is 181. The fraction of sp³-hybridized carbons (Fsp3) is 0. The van der Waals surface area contributed by atoms with Crippen LogP contribution in [0.4, 0.5) is 0 Å². The summed E-state index contributed by atoms with van der Waals surface area (Å²) in [6.07, 6.45) is 0. The molecule has 12 N–H and O–H groups in total. The van der Waals surface area contributed by atoms with E-state index < -0.39 is 7.82 Å². The molecule has 12 heteroatoms. The Morgan fingerprint density at radius 3 is 0.667 bits per heavy atom. The molecule has 0 spiro atoms. The zero-order chi connectivity index (χ0) is 4.50. The van der Waals surface area contributed by atoms with E-state index in [9.17, 15) is 0 Å². The van der Waals surface area contributed by atoms with Crippen LogP contribution < -0.4 is 14.7 Å². The van der Waals surface area contributed by atoms with Crippen molar-refractivity contribution in [1.82, 2.24) is 0 Å². The number of phosphoric acid groups is 1. The van der Waals surface area contributed by atoms with Gasteiger partial charge in [0.25, 0.3) is 0 Å². The Balaban J connectivity index is -0.00000000381. The van der Waals surface area contributed by atoms with Gasteiger partial charge >= 0.3 is 37.7 Å². The summed E-state index contributed by atoms with van der Waals surface area (Å²) in [6, 6.07) is 0. The molecule has 0 aliphatic rings. The summed E-state index contributed by atoms with van der Waals surface area (Å²) >= 11 is 0. The van der Waals surface area contributed by atoms with Gasteiger partial charge in [0, 0.05) is 0 Å². The summed E-state index contributed by atoms with van der Waals surface area (Å²) < 4.78 is 8.55. The van der Waals surface area contributed by atoms with Crippen molar-refractivity contribution in [2.45, 2.75) is 0 Å². The smallest absolute Gasteiger partial charge is 0.822 e. The maximum absolute atomic E-state index is 8.55. The number of hydrogen-bond acceptors (Lipinski definition) is 4. The second-order valence-electron chi connectivity index (χ2n) is 0.447. The first-order valence-electron chi connectivity index (χ1n) is 0.730. The van der Waals surface area contributed by atoms with Gasteiger partial charge in [0.05, 0.1) is 0 Å². The second kappa shape index (κ2) is 29.6. The fourth-order valence-corrected chi connectivity index (χ4v) is 0. The van der Waals surface area contributed by atoms with Gasteiger partial charge in [0.2, 0.25) is 0 Å². The summed E-state index contributed by atoms with van der Waals surface area (Å²) in [5.74, 6) is 0. The van der Waals surface area contributed by atoms with Gasteiger partial charge in [0.15, 0.2) is 0 Å². The summed E-state index contributed by atoms with van der Waals surface area (Å²) in [4.78, 5) is 25.6. The molecule has 0 saturated heterocycles. The monoisotopic (exact) mass is 243 g/mol. The van der Waals surface area contributed by atoms with Crippen LogP contribution >= 0.6 is 7.82 Å². The van der Waals surface area contributed by atoms with Crippen LogP contribution in [0.5, 0.6) is 0 Å². The molecule has 0 fully saturated rings. The molecule has 0 aromatic carbocycles. The van der Waals surface area contributed by atoms with E-state index in [1.807, 2.05) is 0 Å². The van der Waals surface area contributed by atoms with Crippen molar-refractivity contribution < 1.29 is 52.1 Å². The molecule has 0 bridgehead atoms. The third-order valence-electron chi connectivity index (χ3n) is 0. The average molecular weight is 243 g/mol. The largest absolute Gasteiger partial charge is 2.00 e. The topological polar surface area (TPSA) is 275 Å². The normalized spacial score (nSPS) is 4.92. The van der Waals surface area contributed by atoms with Gasteiger partial charge in [-0.25, -0.2) is 0 Å². The van der Waals surface area contributed by atoms with Crippen molar-refractivity contribution >= 4 is 45.6 Å². The molecule has 0 aromatic heterocycles. The molecule has 0 aliphatic heterocycles. The average Bonchev–Trinajstić information content (AvgIpc) is 0.722. The van der Waals surface area contributed by atoms with E-state index in [1.54, 1.807) is 0 Å². The molecule has 0 unspecified atom stereocenters. The second-order valence-corrected chi connectivity index (χ2v) is 1.34. The quantitative estimate of drug-likeness (QED) is 0.295. The SMILES string of the molecule is O.O.O.O.O.O.O=P([O-])([O-])[O-].[Ca+2]. The Bertz CT molecular complexity index is 56.0. The van der Waals surface area contributed by atoms with Gasteiger partial charge in [-0.1, -0.05) is 0 Å². The Morgan fingerprint density at radius 1 is 0.667 bits per heavy atom. The summed E-state index contributed by atoms with van der Waals surface area (Å²) in [5, 5.41) is 0. The molecule has 10 nitrogen and oxygen atoms in total. The van der Waals surface area contributed by atoms with Crippen molar-refractivity contribution in [2.75, 3.05) is 0 Å². The van der Waals surface area contributed by atoms with Crippen LogP contribution in [-0.2, 0) is 4.57 Å². The Morgan fingerprint density at radius 2 is 0.667 bits per heavy atom. The molecular formula is H12CaO10P-. The van der Waals surface area contributed by atoms with Gasteiger partial charge in [-0.2, -0.15) is 7.82 Å². The van der Waals surface area contributed by atoms with Crippen LogP contribution in [0.15, 0.2) is 0 Å². The fourth-order valence-electron chi connectivity index (χ4n) is 0. The van der Waals surface area contributed by atoms with Crippen molar-refractivity contribution in [3.05, 3.63) is 0 Å². The molecule has 80 valence electrons. The molecule has 0 saturated carbocycles. The van der Waals surface area contributed by atoms with Gasteiger partial charge in [0.1, 0.15) is 0 Å². The molecule has 0 radical (unpaired) electrons. The number of rotatable bonds is 0. The van der Waals surface area contributed by atoms with Crippen molar-refractivity contribution in [3.63, 3.8) is 0 Å². The van der Waals surface area contributed by atoms with Gasteiger partial charge in [-0.3, -0.25) is 0 Å².